The Balaban J connectivity index is 1.77. The second kappa shape index (κ2) is 5.96. The molecule has 1 fully saturated rings. The molecule has 2 rings (SSSR count). The van der Waals surface area contributed by atoms with Crippen LogP contribution in [0, 0.1) is 0 Å². The molecule has 0 atom stereocenters. The van der Waals surface area contributed by atoms with Crippen LogP contribution >= 0.6 is 0 Å². The zero-order valence-corrected chi connectivity index (χ0v) is 10.5. The summed E-state index contributed by atoms with van der Waals surface area (Å²) in [4.78, 5) is 2.35. The first-order valence-corrected chi connectivity index (χ1v) is 6.16. The van der Waals surface area contributed by atoms with Gasteiger partial charge in [0.1, 0.15) is 0 Å². The highest BCUT2D eigenvalue weighted by Gasteiger charge is 2.12. The first-order chi connectivity index (χ1) is 8.25. The summed E-state index contributed by atoms with van der Waals surface area (Å²) < 4.78 is 0. The molecule has 0 unspecified atom stereocenters. The van der Waals surface area contributed by atoms with Gasteiger partial charge < -0.3 is 4.90 Å². The van der Waals surface area contributed by atoms with Gasteiger partial charge >= 0.3 is 0 Å². The number of nitrogens with zero attached hydrogens (tertiary/aromatic N) is 2. The van der Waals surface area contributed by atoms with Crippen LogP contribution in [0.1, 0.15) is 5.56 Å². The fraction of sp³-hybridized carbons (Fsp3) is 0.429. The molecule has 1 heterocycles. The fourth-order valence-electron chi connectivity index (χ4n) is 1.95. The van der Waals surface area contributed by atoms with Crippen molar-refractivity contribution in [3.8, 4) is 0 Å². The number of rotatable bonds is 4. The molecular formula is C14H21N3. The van der Waals surface area contributed by atoms with Crippen LogP contribution in [0.15, 0.2) is 36.9 Å². The molecule has 1 N–H and O–H groups in total. The molecule has 3 nitrogen and oxygen atoms in total. The minimum absolute atomic E-state index is 0.827. The number of likely N-dealkylation sites (N-methyl/N-ethyl adjacent to an activating group) is 1. The second-order valence-electron chi connectivity index (χ2n) is 4.59. The number of nitrogens with one attached hydrogen (secondary N) is 1. The van der Waals surface area contributed by atoms with E-state index in [9.17, 15) is 0 Å². The van der Waals surface area contributed by atoms with E-state index in [4.69, 9.17) is 0 Å². The van der Waals surface area contributed by atoms with Crippen molar-refractivity contribution < 1.29 is 0 Å². The first-order valence-electron chi connectivity index (χ1n) is 6.16. The Hall–Kier alpha value is -1.16. The summed E-state index contributed by atoms with van der Waals surface area (Å²) >= 11 is 0. The van der Waals surface area contributed by atoms with Crippen molar-refractivity contribution in [3.05, 3.63) is 42.5 Å². The third kappa shape index (κ3) is 3.66. The number of hydrazine groups is 1. The maximum absolute atomic E-state index is 4.12. The summed E-state index contributed by atoms with van der Waals surface area (Å²) in [5.41, 5.74) is 5.81. The fourth-order valence-corrected chi connectivity index (χ4v) is 1.95. The van der Waals surface area contributed by atoms with Gasteiger partial charge in [-0.25, -0.2) is 5.01 Å². The molecule has 92 valence electrons. The standard InChI is InChI=1S/C14H21N3/c1-13(14-6-4-3-5-7-14)12-15-17-10-8-16(2)9-11-17/h3-7,15H,1,8-12H2,2H3. The van der Waals surface area contributed by atoms with Crippen molar-refractivity contribution in [1.82, 2.24) is 15.3 Å². The largest absolute Gasteiger partial charge is 0.304 e. The van der Waals surface area contributed by atoms with Crippen molar-refractivity contribution in [3.63, 3.8) is 0 Å². The highest BCUT2D eigenvalue weighted by molar-refractivity contribution is 5.64. The Morgan fingerprint density at radius 2 is 1.82 bits per heavy atom. The van der Waals surface area contributed by atoms with Gasteiger partial charge in [0.2, 0.25) is 0 Å². The number of benzene rings is 1. The van der Waals surface area contributed by atoms with E-state index in [0.717, 1.165) is 38.3 Å². The molecular weight excluding hydrogens is 210 g/mol. The van der Waals surface area contributed by atoms with E-state index in [0.29, 0.717) is 0 Å². The highest BCUT2D eigenvalue weighted by atomic mass is 15.5. The lowest BCUT2D eigenvalue weighted by Crippen LogP contribution is -2.50. The topological polar surface area (TPSA) is 18.5 Å². The van der Waals surface area contributed by atoms with Gasteiger partial charge in [-0.15, -0.1) is 0 Å². The summed E-state index contributed by atoms with van der Waals surface area (Å²) in [6.45, 7) is 9.38. The van der Waals surface area contributed by atoms with Crippen LogP contribution in [0.4, 0.5) is 0 Å². The van der Waals surface area contributed by atoms with Gasteiger partial charge in [-0.1, -0.05) is 36.9 Å². The van der Waals surface area contributed by atoms with Crippen LogP contribution in [0.5, 0.6) is 0 Å². The number of hydrogen-bond acceptors (Lipinski definition) is 3. The monoisotopic (exact) mass is 231 g/mol. The molecule has 1 aromatic rings. The van der Waals surface area contributed by atoms with E-state index in [1.165, 1.54) is 5.56 Å². The summed E-state index contributed by atoms with van der Waals surface area (Å²) in [6.07, 6.45) is 0. The van der Waals surface area contributed by atoms with Crippen LogP contribution in [0.25, 0.3) is 5.57 Å². The van der Waals surface area contributed by atoms with Crippen molar-refractivity contribution in [1.29, 1.82) is 0 Å². The molecule has 0 amide bonds. The lowest BCUT2D eigenvalue weighted by molar-refractivity contribution is 0.110. The molecule has 0 aromatic heterocycles. The van der Waals surface area contributed by atoms with E-state index in [1.54, 1.807) is 0 Å². The van der Waals surface area contributed by atoms with Crippen molar-refractivity contribution in [2.45, 2.75) is 0 Å². The van der Waals surface area contributed by atoms with E-state index in [-0.39, 0.29) is 0 Å². The summed E-state index contributed by atoms with van der Waals surface area (Å²) in [5.74, 6) is 0. The van der Waals surface area contributed by atoms with Gasteiger partial charge in [-0.2, -0.15) is 0 Å². The Morgan fingerprint density at radius 1 is 1.18 bits per heavy atom. The minimum Gasteiger partial charge on any atom is -0.304 e. The van der Waals surface area contributed by atoms with Gasteiger partial charge in [-0.3, -0.25) is 5.43 Å². The molecule has 0 saturated carbocycles. The van der Waals surface area contributed by atoms with Gasteiger partial charge in [0.15, 0.2) is 0 Å². The molecule has 0 radical (unpaired) electrons. The van der Waals surface area contributed by atoms with Crippen molar-refractivity contribution >= 4 is 5.57 Å². The third-order valence-electron chi connectivity index (χ3n) is 3.20. The van der Waals surface area contributed by atoms with Gasteiger partial charge in [0, 0.05) is 32.7 Å². The molecule has 0 bridgehead atoms. The van der Waals surface area contributed by atoms with E-state index < -0.39 is 0 Å². The van der Waals surface area contributed by atoms with Crippen molar-refractivity contribution in [2.24, 2.45) is 0 Å². The highest BCUT2D eigenvalue weighted by Crippen LogP contribution is 2.10. The normalized spacial score (nSPS) is 18.2. The van der Waals surface area contributed by atoms with Crippen molar-refractivity contribution in [2.75, 3.05) is 39.8 Å². The van der Waals surface area contributed by atoms with Crippen LogP contribution < -0.4 is 5.43 Å². The molecule has 0 aliphatic carbocycles. The first kappa shape index (κ1) is 12.3. The molecule has 3 heteroatoms. The van der Waals surface area contributed by atoms with Gasteiger partial charge in [-0.05, 0) is 18.2 Å². The second-order valence-corrected chi connectivity index (χ2v) is 4.59. The van der Waals surface area contributed by atoms with Gasteiger partial charge in [0.25, 0.3) is 0 Å². The maximum atomic E-state index is 4.12. The van der Waals surface area contributed by atoms with Crippen LogP contribution in [-0.2, 0) is 0 Å². The number of hydrogen-bond donors (Lipinski definition) is 1. The molecule has 1 saturated heterocycles. The molecule has 0 spiro atoms. The zero-order chi connectivity index (χ0) is 12.1. The molecule has 17 heavy (non-hydrogen) atoms. The molecule has 1 aliphatic rings. The van der Waals surface area contributed by atoms with E-state index in [1.807, 2.05) is 6.07 Å². The van der Waals surface area contributed by atoms with Crippen LogP contribution in [0.3, 0.4) is 0 Å². The summed E-state index contributed by atoms with van der Waals surface area (Å²) in [7, 11) is 2.17. The Kier molecular flexibility index (Phi) is 4.31. The third-order valence-corrected chi connectivity index (χ3v) is 3.20. The predicted octanol–water partition coefficient (Wildman–Crippen LogP) is 1.45. The number of piperazine rings is 1. The quantitative estimate of drug-likeness (QED) is 0.846. The Morgan fingerprint density at radius 3 is 2.47 bits per heavy atom. The molecule has 1 aromatic carbocycles. The Labute approximate surface area is 104 Å². The Bertz CT molecular complexity index is 353. The zero-order valence-electron chi connectivity index (χ0n) is 10.5. The lowest BCUT2D eigenvalue weighted by Gasteiger charge is -2.32. The molecule has 1 aliphatic heterocycles. The predicted molar refractivity (Wildman–Crippen MR) is 72.5 cm³/mol. The summed E-state index contributed by atoms with van der Waals surface area (Å²) in [5, 5.41) is 2.29. The maximum Gasteiger partial charge on any atom is 0.0353 e. The van der Waals surface area contributed by atoms with Gasteiger partial charge in [0.05, 0.1) is 0 Å². The average molecular weight is 231 g/mol. The average Bonchev–Trinajstić information content (AvgIpc) is 2.39. The van der Waals surface area contributed by atoms with Crippen LogP contribution in [0.2, 0.25) is 0 Å². The van der Waals surface area contributed by atoms with Crippen LogP contribution in [-0.4, -0.2) is 49.7 Å². The SMILES string of the molecule is C=C(CNN1CCN(C)CC1)c1ccccc1. The van der Waals surface area contributed by atoms with E-state index in [2.05, 4.69) is 53.2 Å². The van der Waals surface area contributed by atoms with E-state index >= 15 is 0 Å². The lowest BCUT2D eigenvalue weighted by atomic mass is 10.1. The summed E-state index contributed by atoms with van der Waals surface area (Å²) in [6, 6.07) is 10.3. The smallest absolute Gasteiger partial charge is 0.0353 e. The minimum atomic E-state index is 0.827.